The molecular weight excluding hydrogens is 779 g/mol. The van der Waals surface area contributed by atoms with Crippen LogP contribution in [0.25, 0.3) is 0 Å². The fourth-order valence-corrected chi connectivity index (χ4v) is 9.71. The molecule has 4 rings (SSSR count). The van der Waals surface area contributed by atoms with E-state index in [9.17, 15) is 34.5 Å². The summed E-state index contributed by atoms with van der Waals surface area (Å²) in [6, 6.07) is -0.875. The van der Waals surface area contributed by atoms with Crippen molar-refractivity contribution in [2.24, 2.45) is 35.5 Å². The normalized spacial score (nSPS) is 40.0. The molecule has 1 aliphatic carbocycles. The summed E-state index contributed by atoms with van der Waals surface area (Å²) in [6.07, 6.45) is 13.9. The molecule has 3 N–H and O–H groups in total. The lowest BCUT2D eigenvalue weighted by molar-refractivity contribution is -0.283. The van der Waals surface area contributed by atoms with Crippen molar-refractivity contribution in [3.63, 3.8) is 0 Å². The fourth-order valence-electron chi connectivity index (χ4n) is 9.71. The minimum atomic E-state index is -1.73. The standard InChI is InChI=1S/C49H77NO11/c1-30-14-11-10-12-15-31(2)44(58-8)26-38-19-17-36(7)49(57,61-38)29-47(55)50-21-13-16-39(50)48(56)60-45(35(6)24-37-18-20-40(51)46(25-37)59-9)28-43(54)34(5)23-33(4)42(53)27-41(52)32(3)22-30/h10-12,14-15,23,30,32,34-40,42,44-46,51,53,57H,13,16-22,24-29H2,1-9H3/b12-10+,14-11+,31-15?,33-23+/t30-,32-,34-,35-,36-,37+,38+,39?,40-,42+,44+,45+,46-,49+/m1/s1. The molecule has 4 aliphatic rings. The van der Waals surface area contributed by atoms with Gasteiger partial charge in [0.1, 0.15) is 23.7 Å². The summed E-state index contributed by atoms with van der Waals surface area (Å²) in [5.41, 5.74) is 1.51. The molecule has 344 valence electrons. The van der Waals surface area contributed by atoms with Gasteiger partial charge in [0.05, 0.1) is 36.9 Å². The number of esters is 1. The lowest BCUT2D eigenvalue weighted by Gasteiger charge is -2.43. The number of carbonyl (C=O) groups excluding carboxylic acids is 4. The Bertz CT molecular complexity index is 1600. The number of allylic oxidation sites excluding steroid dienone is 6. The molecule has 1 saturated carbocycles. The lowest BCUT2D eigenvalue weighted by Crippen LogP contribution is -2.52. The van der Waals surface area contributed by atoms with Gasteiger partial charge < -0.3 is 39.2 Å². The van der Waals surface area contributed by atoms with Crippen LogP contribution in [0.4, 0.5) is 0 Å². The summed E-state index contributed by atoms with van der Waals surface area (Å²) in [5.74, 6) is -4.09. The third-order valence-electron chi connectivity index (χ3n) is 14.0. The van der Waals surface area contributed by atoms with Gasteiger partial charge >= 0.3 is 5.97 Å². The number of hydrogen-bond acceptors (Lipinski definition) is 11. The van der Waals surface area contributed by atoms with E-state index in [2.05, 4.69) is 6.92 Å². The van der Waals surface area contributed by atoms with Crippen LogP contribution in [0.1, 0.15) is 132 Å². The zero-order valence-electron chi connectivity index (χ0n) is 38.4. The average molecular weight is 856 g/mol. The molecule has 12 heteroatoms. The minimum Gasteiger partial charge on any atom is -0.460 e. The summed E-state index contributed by atoms with van der Waals surface area (Å²) in [4.78, 5) is 56.9. The molecule has 1 unspecified atom stereocenters. The van der Waals surface area contributed by atoms with Gasteiger partial charge in [0.2, 0.25) is 5.91 Å². The van der Waals surface area contributed by atoms with Crippen LogP contribution in [0, 0.1) is 35.5 Å². The van der Waals surface area contributed by atoms with Gasteiger partial charge in [-0.25, -0.2) is 4.79 Å². The summed E-state index contributed by atoms with van der Waals surface area (Å²) in [7, 11) is 3.23. The molecule has 3 fully saturated rings. The molecule has 2 saturated heterocycles. The molecular formula is C49H77NO11. The number of ketones is 2. The quantitative estimate of drug-likeness (QED) is 0.193. The molecule has 0 radical (unpaired) electrons. The van der Waals surface area contributed by atoms with Gasteiger partial charge in [-0.05, 0) is 101 Å². The van der Waals surface area contributed by atoms with E-state index in [-0.39, 0.29) is 78.7 Å². The van der Waals surface area contributed by atoms with Crippen LogP contribution in [-0.4, -0.2) is 113 Å². The predicted molar refractivity (Wildman–Crippen MR) is 234 cm³/mol. The first-order valence-electron chi connectivity index (χ1n) is 22.9. The molecule has 0 aromatic rings. The fraction of sp³-hybridized carbons (Fsp3) is 0.755. The molecule has 12 nitrogen and oxygen atoms in total. The Kier molecular flexibility index (Phi) is 19.6. The number of amides is 1. The SMILES string of the molecule is CO[C@H]1C[C@@H]2CC[C@@H](C)[C@](O)(CC(=O)N3CCCC3C(=O)O[C@H]([C@H](C)C[C@@H]3CC[C@@H](O)[C@H](OC)C3)CC(=O)[C@H](C)/C=C(\C)[C@@H](O)CC(=O)[C@H](C)C[C@H](C)/C=C/C=C/C=C1C)O2. The Hall–Kier alpha value is -3.00. The van der Waals surface area contributed by atoms with Gasteiger partial charge in [-0.2, -0.15) is 0 Å². The van der Waals surface area contributed by atoms with Crippen LogP contribution in [0.2, 0.25) is 0 Å². The molecule has 0 aromatic heterocycles. The van der Waals surface area contributed by atoms with Crippen LogP contribution in [0.5, 0.6) is 0 Å². The van der Waals surface area contributed by atoms with Crippen molar-refractivity contribution in [2.45, 2.75) is 180 Å². The van der Waals surface area contributed by atoms with Gasteiger partial charge in [0, 0.05) is 57.8 Å². The summed E-state index contributed by atoms with van der Waals surface area (Å²) < 4.78 is 24.0. The topological polar surface area (TPSA) is 169 Å². The van der Waals surface area contributed by atoms with Crippen molar-refractivity contribution in [1.29, 1.82) is 0 Å². The molecule has 0 aromatic carbocycles. The maximum Gasteiger partial charge on any atom is 0.329 e. The zero-order valence-corrected chi connectivity index (χ0v) is 38.4. The lowest BCUT2D eigenvalue weighted by atomic mass is 9.78. The van der Waals surface area contributed by atoms with E-state index in [1.165, 1.54) is 4.90 Å². The number of ether oxygens (including phenoxy) is 4. The molecule has 1 amide bonds. The number of carbonyl (C=O) groups is 4. The van der Waals surface area contributed by atoms with Gasteiger partial charge in [0.25, 0.3) is 0 Å². The maximum atomic E-state index is 14.2. The summed E-state index contributed by atoms with van der Waals surface area (Å²) >= 11 is 0. The third kappa shape index (κ3) is 14.5. The molecule has 0 spiro atoms. The number of aliphatic hydroxyl groups excluding tert-OH is 2. The van der Waals surface area contributed by atoms with Gasteiger partial charge in [0.15, 0.2) is 5.79 Å². The first kappa shape index (κ1) is 50.6. The van der Waals surface area contributed by atoms with Gasteiger partial charge in [-0.1, -0.05) is 71.1 Å². The summed E-state index contributed by atoms with van der Waals surface area (Å²) in [6.45, 7) is 13.6. The van der Waals surface area contributed by atoms with Crippen molar-refractivity contribution in [2.75, 3.05) is 20.8 Å². The number of nitrogens with zero attached hydrogens (tertiary/aromatic N) is 1. The van der Waals surface area contributed by atoms with Crippen molar-refractivity contribution in [3.05, 3.63) is 47.6 Å². The Labute approximate surface area is 365 Å². The Balaban J connectivity index is 1.62. The highest BCUT2D eigenvalue weighted by molar-refractivity contribution is 5.87. The van der Waals surface area contributed by atoms with E-state index in [1.54, 1.807) is 34.1 Å². The minimum absolute atomic E-state index is 0.0517. The number of cyclic esters (lactones) is 1. The van der Waals surface area contributed by atoms with E-state index in [4.69, 9.17) is 18.9 Å². The molecule has 3 heterocycles. The second kappa shape index (κ2) is 23.6. The summed E-state index contributed by atoms with van der Waals surface area (Å²) in [5, 5.41) is 33.4. The third-order valence-corrected chi connectivity index (χ3v) is 14.0. The molecule has 2 bridgehead atoms. The second-order valence-corrected chi connectivity index (χ2v) is 19.0. The van der Waals surface area contributed by atoms with E-state index in [0.29, 0.717) is 69.9 Å². The maximum absolute atomic E-state index is 14.2. The molecule has 61 heavy (non-hydrogen) atoms. The number of hydrogen-bond donors (Lipinski definition) is 3. The number of rotatable bonds is 5. The average Bonchev–Trinajstić information content (AvgIpc) is 3.71. The van der Waals surface area contributed by atoms with E-state index in [1.807, 2.05) is 58.1 Å². The monoisotopic (exact) mass is 856 g/mol. The number of Topliss-reactive ketones (excluding diaryl/α,β-unsaturated/α-hetero) is 2. The van der Waals surface area contributed by atoms with Crippen LogP contribution in [0.15, 0.2) is 47.6 Å². The first-order valence-corrected chi connectivity index (χ1v) is 22.9. The molecule has 14 atom stereocenters. The van der Waals surface area contributed by atoms with Crippen molar-refractivity contribution >= 4 is 23.4 Å². The number of methoxy groups -OCH3 is 2. The smallest absolute Gasteiger partial charge is 0.329 e. The van der Waals surface area contributed by atoms with E-state index < -0.39 is 47.9 Å². The van der Waals surface area contributed by atoms with Gasteiger partial charge in [-0.3, -0.25) is 14.4 Å². The first-order chi connectivity index (χ1) is 28.8. The predicted octanol–water partition coefficient (Wildman–Crippen LogP) is 6.99. The highest BCUT2D eigenvalue weighted by atomic mass is 16.6. The van der Waals surface area contributed by atoms with E-state index in [0.717, 1.165) is 12.0 Å². The number of aliphatic hydroxyl groups is 3. The zero-order chi connectivity index (χ0) is 45.0. The molecule has 3 aliphatic heterocycles. The number of fused-ring (bicyclic) bond motifs is 3. The van der Waals surface area contributed by atoms with Crippen LogP contribution >= 0.6 is 0 Å². The highest BCUT2D eigenvalue weighted by Crippen LogP contribution is 2.39. The second-order valence-electron chi connectivity index (χ2n) is 19.0. The van der Waals surface area contributed by atoms with Crippen LogP contribution < -0.4 is 0 Å². The Morgan fingerprint density at radius 3 is 2.31 bits per heavy atom. The highest BCUT2D eigenvalue weighted by Gasteiger charge is 2.47. The van der Waals surface area contributed by atoms with Crippen molar-refractivity contribution in [1.82, 2.24) is 4.90 Å². The Morgan fingerprint density at radius 1 is 0.869 bits per heavy atom. The Morgan fingerprint density at radius 2 is 1.61 bits per heavy atom. The van der Waals surface area contributed by atoms with Crippen molar-refractivity contribution < 1.29 is 53.4 Å². The van der Waals surface area contributed by atoms with Crippen LogP contribution in [-0.2, 0) is 38.1 Å². The van der Waals surface area contributed by atoms with Crippen molar-refractivity contribution in [3.8, 4) is 0 Å². The van der Waals surface area contributed by atoms with Crippen LogP contribution in [0.3, 0.4) is 0 Å². The van der Waals surface area contributed by atoms with E-state index >= 15 is 0 Å². The van der Waals surface area contributed by atoms with Gasteiger partial charge in [-0.15, -0.1) is 0 Å². The largest absolute Gasteiger partial charge is 0.460 e.